The largest absolute Gasteiger partial charge is 0.507 e. The zero-order chi connectivity index (χ0) is 32.1. The van der Waals surface area contributed by atoms with E-state index in [4.69, 9.17) is 14.6 Å². The molecule has 0 bridgehead atoms. The Morgan fingerprint density at radius 2 is 1.77 bits per heavy atom. The van der Waals surface area contributed by atoms with Gasteiger partial charge in [-0.15, -0.1) is 11.8 Å². The maximum atomic E-state index is 13.6. The lowest BCUT2D eigenvalue weighted by Crippen LogP contribution is -2.70. The van der Waals surface area contributed by atoms with Gasteiger partial charge < -0.3 is 49.9 Å². The fourth-order valence-electron chi connectivity index (χ4n) is 4.97. The summed E-state index contributed by atoms with van der Waals surface area (Å²) in [6.07, 6.45) is -3.52. The van der Waals surface area contributed by atoms with Crippen molar-refractivity contribution in [1.29, 1.82) is 0 Å². The molecule has 2 aliphatic rings. The summed E-state index contributed by atoms with van der Waals surface area (Å²) in [6, 6.07) is 6.85. The Hall–Kier alpha value is -2.88. The standard InChI is InChI=1S/C24H31N3O13P2S/c1-4-39-15-8-5-12-11-13(25-10-9-24(32,41(33,34)35)42(36,37)38)6-7-14(12)16(15)18(28)26-17-19(29)27-20(17)43-23(2,3)21(27)40-22(30)31/h5-8,11,17,20-21,25,32H,4,9-10H2,1-3H3,(H,26,28)(H,30,31)(H2,33,34,35)(H2,36,37,38). The number of aliphatic hydroxyl groups is 1. The first-order valence-corrected chi connectivity index (χ1v) is 16.9. The molecule has 0 spiro atoms. The number of carbonyl (C=O) groups excluding carboxylic acids is 2. The SMILES string of the molecule is CCOc1ccc2cc(NCCC(O)(P(=O)(O)O)P(=O)(O)O)ccc2c1C(=O)NC1C(=O)N2C1SC(C)(C)C2OC(=O)O. The third-order valence-corrected chi connectivity index (χ3v) is 12.5. The van der Waals surface area contributed by atoms with Crippen molar-refractivity contribution >= 4 is 61.4 Å². The van der Waals surface area contributed by atoms with Crippen LogP contribution in [0.5, 0.6) is 5.75 Å². The number of benzene rings is 2. The van der Waals surface area contributed by atoms with Crippen molar-refractivity contribution in [3.63, 3.8) is 0 Å². The number of β-lactam (4-membered cyclic amide) rings is 1. The summed E-state index contributed by atoms with van der Waals surface area (Å²) < 4.78 is 33.0. The molecule has 8 N–H and O–H groups in total. The monoisotopic (exact) mass is 663 g/mol. The van der Waals surface area contributed by atoms with Crippen LogP contribution < -0.4 is 15.4 Å². The highest BCUT2D eigenvalue weighted by molar-refractivity contribution is 8.01. The smallest absolute Gasteiger partial charge is 0.493 e. The molecule has 236 valence electrons. The molecule has 2 aromatic carbocycles. The number of fused-ring (bicyclic) bond motifs is 2. The van der Waals surface area contributed by atoms with E-state index in [9.17, 15) is 48.2 Å². The number of hydrogen-bond acceptors (Lipinski definition) is 10. The summed E-state index contributed by atoms with van der Waals surface area (Å²) in [4.78, 5) is 76.3. The molecule has 3 unspecified atom stereocenters. The lowest BCUT2D eigenvalue weighted by atomic mass is 9.99. The van der Waals surface area contributed by atoms with Gasteiger partial charge in [-0.3, -0.25) is 23.6 Å². The third kappa shape index (κ3) is 6.08. The number of hydrogen-bond donors (Lipinski definition) is 8. The summed E-state index contributed by atoms with van der Waals surface area (Å²) in [7, 11) is -11.2. The molecular weight excluding hydrogens is 632 g/mol. The zero-order valence-electron chi connectivity index (χ0n) is 23.0. The Kier molecular flexibility index (Phi) is 8.88. The first-order valence-electron chi connectivity index (χ1n) is 12.8. The zero-order valence-corrected chi connectivity index (χ0v) is 25.6. The van der Waals surface area contributed by atoms with Crippen LogP contribution >= 0.6 is 27.0 Å². The van der Waals surface area contributed by atoms with Crippen LogP contribution in [0.25, 0.3) is 10.8 Å². The fourth-order valence-corrected chi connectivity index (χ4v) is 8.68. The average molecular weight is 664 g/mol. The van der Waals surface area contributed by atoms with Crippen LogP contribution in [0, 0.1) is 0 Å². The van der Waals surface area contributed by atoms with E-state index >= 15 is 0 Å². The number of rotatable bonds is 11. The minimum atomic E-state index is -5.61. The van der Waals surface area contributed by atoms with E-state index in [-0.39, 0.29) is 17.9 Å². The molecule has 3 atom stereocenters. The quantitative estimate of drug-likeness (QED) is 0.0970. The Morgan fingerprint density at radius 3 is 2.35 bits per heavy atom. The molecule has 0 saturated carbocycles. The molecular formula is C24H31N3O13P2S. The van der Waals surface area contributed by atoms with Gasteiger partial charge in [0, 0.05) is 18.7 Å². The molecule has 4 rings (SSSR count). The molecule has 2 fully saturated rings. The van der Waals surface area contributed by atoms with E-state index in [0.717, 1.165) is 0 Å². The molecule has 2 aromatic rings. The van der Waals surface area contributed by atoms with E-state index in [1.54, 1.807) is 45.0 Å². The summed E-state index contributed by atoms with van der Waals surface area (Å²) >= 11 is 1.30. The number of thioether (sulfide) groups is 1. The van der Waals surface area contributed by atoms with Gasteiger partial charge in [0.1, 0.15) is 17.2 Å². The van der Waals surface area contributed by atoms with Gasteiger partial charge in [0.05, 0.1) is 16.9 Å². The Bertz CT molecular complexity index is 1540. The van der Waals surface area contributed by atoms with Crippen molar-refractivity contribution in [3.05, 3.63) is 35.9 Å². The number of anilines is 1. The average Bonchev–Trinajstić information content (AvgIpc) is 3.12. The van der Waals surface area contributed by atoms with Crippen LogP contribution in [0.4, 0.5) is 10.5 Å². The van der Waals surface area contributed by atoms with Crippen LogP contribution in [0.2, 0.25) is 0 Å². The molecule has 2 aliphatic heterocycles. The minimum absolute atomic E-state index is 0.120. The number of ether oxygens (including phenoxy) is 2. The fraction of sp³-hybridized carbons (Fsp3) is 0.458. The third-order valence-electron chi connectivity index (χ3n) is 7.08. The van der Waals surface area contributed by atoms with Gasteiger partial charge >= 0.3 is 21.3 Å². The number of amides is 2. The van der Waals surface area contributed by atoms with Crippen LogP contribution in [-0.2, 0) is 18.7 Å². The second kappa shape index (κ2) is 11.6. The molecule has 0 aromatic heterocycles. The topological polar surface area (TPSA) is 252 Å². The Labute approximate surface area is 249 Å². The van der Waals surface area contributed by atoms with E-state index in [0.29, 0.717) is 16.5 Å². The molecule has 2 heterocycles. The summed E-state index contributed by atoms with van der Waals surface area (Å²) in [5, 5.41) is 21.5. The van der Waals surface area contributed by atoms with Gasteiger partial charge in [-0.1, -0.05) is 12.1 Å². The summed E-state index contributed by atoms with van der Waals surface area (Å²) in [5.74, 6) is -0.892. The van der Waals surface area contributed by atoms with Gasteiger partial charge in [-0.25, -0.2) is 4.79 Å². The lowest BCUT2D eigenvalue weighted by molar-refractivity contribution is -0.161. The maximum Gasteiger partial charge on any atom is 0.507 e. The number of carboxylic acid groups (broad SMARTS) is 1. The second-order valence-electron chi connectivity index (χ2n) is 10.4. The van der Waals surface area contributed by atoms with Gasteiger partial charge in [-0.05, 0) is 49.7 Å². The molecule has 43 heavy (non-hydrogen) atoms. The van der Waals surface area contributed by atoms with Crippen molar-refractivity contribution in [2.24, 2.45) is 0 Å². The Balaban J connectivity index is 1.56. The molecule has 0 radical (unpaired) electrons. The number of nitrogens with one attached hydrogen (secondary N) is 2. The predicted octanol–water partition coefficient (Wildman–Crippen LogP) is 1.85. The molecule has 2 saturated heterocycles. The summed E-state index contributed by atoms with van der Waals surface area (Å²) in [5.41, 5.74) is 0.468. The van der Waals surface area contributed by atoms with E-state index in [1.807, 2.05) is 0 Å². The molecule has 2 amide bonds. The first kappa shape index (κ1) is 33.0. The van der Waals surface area contributed by atoms with Gasteiger partial charge in [-0.2, -0.15) is 0 Å². The number of carbonyl (C=O) groups is 3. The van der Waals surface area contributed by atoms with Gasteiger partial charge in [0.25, 0.3) is 16.9 Å². The minimum Gasteiger partial charge on any atom is -0.493 e. The Morgan fingerprint density at radius 1 is 1.12 bits per heavy atom. The molecule has 19 heteroatoms. The molecule has 0 aliphatic carbocycles. The van der Waals surface area contributed by atoms with Crippen LogP contribution in [-0.4, -0.2) is 93.3 Å². The highest BCUT2D eigenvalue weighted by Gasteiger charge is 2.64. The number of nitrogens with zero attached hydrogens (tertiary/aromatic N) is 1. The van der Waals surface area contributed by atoms with Crippen LogP contribution in [0.1, 0.15) is 37.6 Å². The van der Waals surface area contributed by atoms with Crippen molar-refractivity contribution < 1.29 is 62.8 Å². The van der Waals surface area contributed by atoms with Gasteiger partial charge in [0.2, 0.25) is 0 Å². The highest BCUT2D eigenvalue weighted by Crippen LogP contribution is 2.68. The summed E-state index contributed by atoms with van der Waals surface area (Å²) in [6.45, 7) is 4.99. The van der Waals surface area contributed by atoms with Gasteiger partial charge in [0.15, 0.2) is 6.23 Å². The van der Waals surface area contributed by atoms with Crippen molar-refractivity contribution in [1.82, 2.24) is 10.2 Å². The molecule has 16 nitrogen and oxygen atoms in total. The van der Waals surface area contributed by atoms with Crippen LogP contribution in [0.15, 0.2) is 30.3 Å². The van der Waals surface area contributed by atoms with Crippen LogP contribution in [0.3, 0.4) is 0 Å². The van der Waals surface area contributed by atoms with Crippen molar-refractivity contribution in [2.75, 3.05) is 18.5 Å². The first-order chi connectivity index (χ1) is 19.8. The lowest BCUT2D eigenvalue weighted by Gasteiger charge is -2.43. The maximum absolute atomic E-state index is 13.6. The van der Waals surface area contributed by atoms with E-state index in [2.05, 4.69) is 10.6 Å². The highest BCUT2D eigenvalue weighted by atomic mass is 32.2. The second-order valence-corrected chi connectivity index (χ2v) is 16.2. The van der Waals surface area contributed by atoms with Crippen molar-refractivity contribution in [3.8, 4) is 5.75 Å². The predicted molar refractivity (Wildman–Crippen MR) is 154 cm³/mol. The van der Waals surface area contributed by atoms with Crippen molar-refractivity contribution in [2.45, 2.75) is 54.7 Å². The van der Waals surface area contributed by atoms with E-state index < -0.39 is 73.6 Å². The van der Waals surface area contributed by atoms with E-state index in [1.165, 1.54) is 22.7 Å². The normalized spacial score (nSPS) is 21.6.